The minimum atomic E-state index is -3.63. The van der Waals surface area contributed by atoms with Gasteiger partial charge in [-0.3, -0.25) is 4.79 Å². The summed E-state index contributed by atoms with van der Waals surface area (Å²) < 4.78 is 33.9. The van der Waals surface area contributed by atoms with Gasteiger partial charge in [-0.15, -0.1) is 11.3 Å². The number of likely N-dealkylation sites (tertiary alicyclic amines) is 1. The summed E-state index contributed by atoms with van der Waals surface area (Å²) in [6.45, 7) is 5.55. The molecule has 0 radical (unpaired) electrons. The minimum absolute atomic E-state index is 0.0794. The monoisotopic (exact) mass is 484 g/mol. The summed E-state index contributed by atoms with van der Waals surface area (Å²) in [5.41, 5.74) is 2.73. The molecule has 1 fully saturated rings. The van der Waals surface area contributed by atoms with Crippen LogP contribution >= 0.6 is 11.3 Å². The molecular weight excluding hydrogens is 456 g/mol. The number of amides is 1. The molecule has 3 aromatic rings. The average molecular weight is 485 g/mol. The molecule has 1 saturated heterocycles. The number of rotatable bonds is 7. The Labute approximate surface area is 199 Å². The van der Waals surface area contributed by atoms with E-state index in [1.54, 1.807) is 12.1 Å². The fourth-order valence-corrected chi connectivity index (χ4v) is 5.69. The van der Waals surface area contributed by atoms with E-state index in [9.17, 15) is 13.2 Å². The van der Waals surface area contributed by atoms with Gasteiger partial charge < -0.3 is 9.64 Å². The lowest BCUT2D eigenvalue weighted by Gasteiger charge is -2.33. The van der Waals surface area contributed by atoms with Gasteiger partial charge in [0.1, 0.15) is 11.9 Å². The molecule has 1 aliphatic heterocycles. The maximum absolute atomic E-state index is 12.9. The van der Waals surface area contributed by atoms with Gasteiger partial charge >= 0.3 is 0 Å². The Morgan fingerprint density at radius 2 is 1.70 bits per heavy atom. The van der Waals surface area contributed by atoms with Crippen molar-refractivity contribution in [1.29, 1.82) is 0 Å². The Balaban J connectivity index is 1.33. The summed E-state index contributed by atoms with van der Waals surface area (Å²) in [4.78, 5) is 15.8. The number of ether oxygens (including phenoxy) is 1. The molecule has 33 heavy (non-hydrogen) atoms. The predicted molar refractivity (Wildman–Crippen MR) is 130 cm³/mol. The summed E-state index contributed by atoms with van der Waals surface area (Å²) in [7, 11) is -3.63. The first-order valence-electron chi connectivity index (χ1n) is 11.0. The predicted octanol–water partition coefficient (Wildman–Crippen LogP) is 4.53. The van der Waals surface area contributed by atoms with Crippen molar-refractivity contribution in [1.82, 2.24) is 9.62 Å². The van der Waals surface area contributed by atoms with E-state index >= 15 is 0 Å². The lowest BCUT2D eigenvalue weighted by Crippen LogP contribution is -2.41. The van der Waals surface area contributed by atoms with Crippen LogP contribution in [0.5, 0.6) is 5.75 Å². The molecule has 0 spiro atoms. The van der Waals surface area contributed by atoms with Crippen LogP contribution in [0.1, 0.15) is 39.2 Å². The normalized spacial score (nSPS) is 14.9. The van der Waals surface area contributed by atoms with Crippen LogP contribution in [0.25, 0.3) is 0 Å². The molecule has 0 saturated carbocycles. The number of thiophene rings is 1. The zero-order chi connectivity index (χ0) is 23.4. The van der Waals surface area contributed by atoms with Crippen LogP contribution in [0, 0.1) is 13.8 Å². The van der Waals surface area contributed by atoms with Crippen molar-refractivity contribution in [2.24, 2.45) is 0 Å². The summed E-state index contributed by atoms with van der Waals surface area (Å²) in [5, 5.41) is 1.91. The number of hydrogen-bond acceptors (Lipinski definition) is 5. The largest absolute Gasteiger partial charge is 0.490 e. The maximum Gasteiger partial charge on any atom is 0.253 e. The number of carbonyl (C=O) groups excluding carboxylic acids is 1. The number of benzene rings is 2. The number of sulfonamides is 1. The van der Waals surface area contributed by atoms with Crippen molar-refractivity contribution in [2.75, 3.05) is 13.1 Å². The van der Waals surface area contributed by atoms with Crippen molar-refractivity contribution in [3.8, 4) is 5.75 Å². The minimum Gasteiger partial charge on any atom is -0.490 e. The van der Waals surface area contributed by atoms with Gasteiger partial charge in [0.2, 0.25) is 10.0 Å². The molecule has 4 rings (SSSR count). The SMILES string of the molecule is Cc1cccc(C)c1OC1CCN(C(=O)c2ccc(S(=O)(=O)NCc3cccs3)cc2)CC1. The van der Waals surface area contributed by atoms with Gasteiger partial charge in [-0.2, -0.15) is 0 Å². The number of nitrogens with zero attached hydrogens (tertiary/aromatic N) is 1. The zero-order valence-corrected chi connectivity index (χ0v) is 20.4. The second kappa shape index (κ2) is 10.1. The molecule has 1 aliphatic rings. The Hall–Kier alpha value is -2.68. The summed E-state index contributed by atoms with van der Waals surface area (Å²) >= 11 is 1.50. The molecule has 1 N–H and O–H groups in total. The van der Waals surface area contributed by atoms with Gasteiger partial charge in [-0.25, -0.2) is 13.1 Å². The fourth-order valence-electron chi connectivity index (χ4n) is 3.95. The number of carbonyl (C=O) groups is 1. The Morgan fingerprint density at radius 1 is 1.03 bits per heavy atom. The molecule has 1 aromatic heterocycles. The Kier molecular flexibility index (Phi) is 7.17. The molecule has 2 aromatic carbocycles. The Bertz CT molecular complexity index is 1180. The first-order valence-corrected chi connectivity index (χ1v) is 13.3. The molecule has 0 unspecified atom stereocenters. The third kappa shape index (κ3) is 5.63. The zero-order valence-electron chi connectivity index (χ0n) is 18.8. The van der Waals surface area contributed by atoms with Crippen LogP contribution in [0.3, 0.4) is 0 Å². The second-order valence-electron chi connectivity index (χ2n) is 8.26. The molecule has 2 heterocycles. The van der Waals surface area contributed by atoms with Gasteiger partial charge in [0.25, 0.3) is 5.91 Å². The van der Waals surface area contributed by atoms with E-state index in [1.807, 2.05) is 54.5 Å². The number of nitrogens with one attached hydrogen (secondary N) is 1. The van der Waals surface area contributed by atoms with Crippen molar-refractivity contribution < 1.29 is 17.9 Å². The van der Waals surface area contributed by atoms with Crippen LogP contribution < -0.4 is 9.46 Å². The molecular formula is C25H28N2O4S2. The van der Waals surface area contributed by atoms with Crippen LogP contribution in [-0.2, 0) is 16.6 Å². The summed E-state index contributed by atoms with van der Waals surface area (Å²) in [6.07, 6.45) is 1.60. The highest BCUT2D eigenvalue weighted by molar-refractivity contribution is 7.89. The smallest absolute Gasteiger partial charge is 0.253 e. The first kappa shape index (κ1) is 23.5. The average Bonchev–Trinajstić information content (AvgIpc) is 3.34. The highest BCUT2D eigenvalue weighted by atomic mass is 32.2. The number of para-hydroxylation sites is 1. The number of aryl methyl sites for hydroxylation is 2. The van der Waals surface area contributed by atoms with E-state index in [4.69, 9.17) is 4.74 Å². The molecule has 8 heteroatoms. The molecule has 0 bridgehead atoms. The quantitative estimate of drug-likeness (QED) is 0.535. The lowest BCUT2D eigenvalue weighted by atomic mass is 10.1. The van der Waals surface area contributed by atoms with Gasteiger partial charge in [0.05, 0.1) is 4.90 Å². The number of hydrogen-bond donors (Lipinski definition) is 1. The van der Waals surface area contributed by atoms with Gasteiger partial charge in [-0.1, -0.05) is 24.3 Å². The third-order valence-electron chi connectivity index (χ3n) is 5.85. The molecule has 0 atom stereocenters. The van der Waals surface area contributed by atoms with Crippen LogP contribution in [0.4, 0.5) is 0 Å². The van der Waals surface area contributed by atoms with E-state index in [2.05, 4.69) is 4.72 Å². The fraction of sp³-hybridized carbons (Fsp3) is 0.320. The van der Waals surface area contributed by atoms with Gasteiger partial charge in [0, 0.05) is 42.9 Å². The van der Waals surface area contributed by atoms with E-state index in [0.29, 0.717) is 18.7 Å². The van der Waals surface area contributed by atoms with Crippen LogP contribution in [0.15, 0.2) is 64.9 Å². The first-order chi connectivity index (χ1) is 15.8. The van der Waals surface area contributed by atoms with Crippen LogP contribution in [-0.4, -0.2) is 38.4 Å². The highest BCUT2D eigenvalue weighted by Crippen LogP contribution is 2.27. The highest BCUT2D eigenvalue weighted by Gasteiger charge is 2.26. The summed E-state index contributed by atoms with van der Waals surface area (Å²) in [6, 6.07) is 16.0. The lowest BCUT2D eigenvalue weighted by molar-refractivity contribution is 0.0593. The molecule has 1 amide bonds. The molecule has 174 valence electrons. The third-order valence-corrected chi connectivity index (χ3v) is 8.14. The van der Waals surface area contributed by atoms with E-state index in [-0.39, 0.29) is 23.5 Å². The van der Waals surface area contributed by atoms with E-state index in [0.717, 1.165) is 34.6 Å². The maximum atomic E-state index is 12.9. The van der Waals surface area contributed by atoms with Crippen molar-refractivity contribution in [2.45, 2.75) is 44.2 Å². The van der Waals surface area contributed by atoms with E-state index in [1.165, 1.54) is 23.5 Å². The van der Waals surface area contributed by atoms with Gasteiger partial charge in [0.15, 0.2) is 0 Å². The van der Waals surface area contributed by atoms with E-state index < -0.39 is 10.0 Å². The van der Waals surface area contributed by atoms with Gasteiger partial charge in [-0.05, 0) is 60.7 Å². The number of piperidine rings is 1. The molecule has 0 aliphatic carbocycles. The molecule has 6 nitrogen and oxygen atoms in total. The second-order valence-corrected chi connectivity index (χ2v) is 11.1. The summed E-state index contributed by atoms with van der Waals surface area (Å²) in [5.74, 6) is 0.850. The van der Waals surface area contributed by atoms with Crippen molar-refractivity contribution >= 4 is 27.3 Å². The van der Waals surface area contributed by atoms with Crippen molar-refractivity contribution in [3.63, 3.8) is 0 Å². The Morgan fingerprint density at radius 3 is 2.30 bits per heavy atom. The standard InChI is InChI=1S/C25H28N2O4S2/c1-18-5-3-6-19(2)24(18)31-21-12-14-27(15-13-21)25(28)20-8-10-23(11-9-20)33(29,30)26-17-22-7-4-16-32-22/h3-11,16,21,26H,12-15,17H2,1-2H3. The van der Waals surface area contributed by atoms with Crippen molar-refractivity contribution in [3.05, 3.63) is 81.5 Å². The van der Waals surface area contributed by atoms with Crippen LogP contribution in [0.2, 0.25) is 0 Å². The topological polar surface area (TPSA) is 75.7 Å².